The quantitative estimate of drug-likeness (QED) is 0.834. The first kappa shape index (κ1) is 13.3. The van der Waals surface area contributed by atoms with E-state index in [1.165, 1.54) is 0 Å². The van der Waals surface area contributed by atoms with E-state index in [1.807, 2.05) is 13.8 Å². The van der Waals surface area contributed by atoms with Crippen LogP contribution in [0.2, 0.25) is 0 Å². The Kier molecular flexibility index (Phi) is 4.34. The fourth-order valence-electron chi connectivity index (χ4n) is 1.12. The number of hydrogen-bond donors (Lipinski definition) is 2. The summed E-state index contributed by atoms with van der Waals surface area (Å²) in [5.41, 5.74) is 5.01. The Hall–Kier alpha value is -1.75. The molecular weight excluding hydrogens is 220 g/mol. The fraction of sp³-hybridized carbons (Fsp3) is 0.417. The number of carbonyl (C=O) groups excluding carboxylic acids is 1. The van der Waals surface area contributed by atoms with Gasteiger partial charge in [-0.3, -0.25) is 0 Å². The summed E-state index contributed by atoms with van der Waals surface area (Å²) in [6, 6.07) is 6.83. The van der Waals surface area contributed by atoms with Crippen LogP contribution < -0.4 is 20.5 Å². The van der Waals surface area contributed by atoms with Crippen molar-refractivity contribution in [2.24, 2.45) is 5.73 Å². The number of nitrogens with two attached hydrogens (primary N) is 1. The third-order valence-corrected chi connectivity index (χ3v) is 2.20. The molecule has 5 heteroatoms. The number of rotatable bonds is 4. The minimum atomic E-state index is -0.534. The summed E-state index contributed by atoms with van der Waals surface area (Å²) >= 11 is 0. The normalized spacial score (nSPS) is 10.8. The summed E-state index contributed by atoms with van der Waals surface area (Å²) < 4.78 is 10.1. The molecule has 1 aromatic carbocycles. The van der Waals surface area contributed by atoms with Gasteiger partial charge in [0, 0.05) is 18.2 Å². The van der Waals surface area contributed by atoms with Gasteiger partial charge in [-0.15, -0.1) is 0 Å². The standard InChI is InChI=1S/C12H18N2O3/c1-12(2,8-13)14-11(15)17-10-6-4-5-9(7-10)16-3/h4-7H,8,13H2,1-3H3,(H,14,15). The first-order valence-corrected chi connectivity index (χ1v) is 5.31. The van der Waals surface area contributed by atoms with Crippen molar-refractivity contribution in [3.05, 3.63) is 24.3 Å². The summed E-state index contributed by atoms with van der Waals surface area (Å²) in [6.45, 7) is 3.97. The molecule has 0 fully saturated rings. The van der Waals surface area contributed by atoms with Crippen molar-refractivity contribution >= 4 is 6.09 Å². The summed E-state index contributed by atoms with van der Waals surface area (Å²) in [6.07, 6.45) is -0.534. The van der Waals surface area contributed by atoms with Crippen LogP contribution in [0.5, 0.6) is 11.5 Å². The van der Waals surface area contributed by atoms with Gasteiger partial charge in [0.05, 0.1) is 7.11 Å². The van der Waals surface area contributed by atoms with E-state index in [9.17, 15) is 4.79 Å². The van der Waals surface area contributed by atoms with Crippen molar-refractivity contribution in [3.8, 4) is 11.5 Å². The highest BCUT2D eigenvalue weighted by molar-refractivity contribution is 5.71. The number of benzene rings is 1. The van der Waals surface area contributed by atoms with Gasteiger partial charge in [-0.1, -0.05) is 6.07 Å². The number of ether oxygens (including phenoxy) is 2. The molecule has 1 amide bonds. The van der Waals surface area contributed by atoms with E-state index in [0.29, 0.717) is 18.0 Å². The summed E-state index contributed by atoms with van der Waals surface area (Å²) in [5.74, 6) is 1.06. The molecule has 94 valence electrons. The van der Waals surface area contributed by atoms with Crippen LogP contribution in [-0.4, -0.2) is 25.3 Å². The van der Waals surface area contributed by atoms with Gasteiger partial charge in [-0.05, 0) is 26.0 Å². The summed E-state index contributed by atoms with van der Waals surface area (Å²) in [7, 11) is 1.55. The van der Waals surface area contributed by atoms with Crippen molar-refractivity contribution in [2.45, 2.75) is 19.4 Å². The maximum absolute atomic E-state index is 11.6. The molecule has 0 atom stereocenters. The Morgan fingerprint density at radius 3 is 2.65 bits per heavy atom. The van der Waals surface area contributed by atoms with Crippen LogP contribution in [0.4, 0.5) is 4.79 Å². The number of amides is 1. The zero-order valence-electron chi connectivity index (χ0n) is 10.3. The topological polar surface area (TPSA) is 73.6 Å². The van der Waals surface area contributed by atoms with Crippen molar-refractivity contribution in [1.29, 1.82) is 0 Å². The largest absolute Gasteiger partial charge is 0.497 e. The minimum Gasteiger partial charge on any atom is -0.497 e. The van der Waals surface area contributed by atoms with Gasteiger partial charge in [0.2, 0.25) is 0 Å². The van der Waals surface area contributed by atoms with Gasteiger partial charge < -0.3 is 20.5 Å². The minimum absolute atomic E-state index is 0.334. The first-order chi connectivity index (χ1) is 7.96. The zero-order valence-corrected chi connectivity index (χ0v) is 10.3. The molecule has 0 unspecified atom stereocenters. The van der Waals surface area contributed by atoms with Crippen molar-refractivity contribution in [1.82, 2.24) is 5.32 Å². The maximum atomic E-state index is 11.6. The number of nitrogens with one attached hydrogen (secondary N) is 1. The fourth-order valence-corrected chi connectivity index (χ4v) is 1.12. The lowest BCUT2D eigenvalue weighted by Crippen LogP contribution is -2.49. The molecule has 0 aromatic heterocycles. The van der Waals surface area contributed by atoms with E-state index in [4.69, 9.17) is 15.2 Å². The van der Waals surface area contributed by atoms with Crippen molar-refractivity contribution < 1.29 is 14.3 Å². The van der Waals surface area contributed by atoms with E-state index in [2.05, 4.69) is 5.32 Å². The average molecular weight is 238 g/mol. The van der Waals surface area contributed by atoms with Crippen LogP contribution in [0.1, 0.15) is 13.8 Å². The lowest BCUT2D eigenvalue weighted by atomic mass is 10.1. The molecule has 3 N–H and O–H groups in total. The number of hydrogen-bond acceptors (Lipinski definition) is 4. The lowest BCUT2D eigenvalue weighted by Gasteiger charge is -2.23. The third kappa shape index (κ3) is 4.32. The molecular formula is C12H18N2O3. The SMILES string of the molecule is COc1cccc(OC(=O)NC(C)(C)CN)c1. The van der Waals surface area contributed by atoms with Gasteiger partial charge >= 0.3 is 6.09 Å². The monoisotopic (exact) mass is 238 g/mol. The molecule has 0 saturated carbocycles. The number of carbonyl (C=O) groups is 1. The zero-order chi connectivity index (χ0) is 12.9. The van der Waals surface area contributed by atoms with Crippen LogP contribution in [-0.2, 0) is 0 Å². The molecule has 1 aromatic rings. The maximum Gasteiger partial charge on any atom is 0.413 e. The molecule has 5 nitrogen and oxygen atoms in total. The van der Waals surface area contributed by atoms with Crippen molar-refractivity contribution in [3.63, 3.8) is 0 Å². The molecule has 0 aliphatic rings. The lowest BCUT2D eigenvalue weighted by molar-refractivity contribution is 0.189. The molecule has 0 aliphatic heterocycles. The van der Waals surface area contributed by atoms with E-state index in [-0.39, 0.29) is 0 Å². The van der Waals surface area contributed by atoms with Crippen LogP contribution in [0.3, 0.4) is 0 Å². The van der Waals surface area contributed by atoms with Gasteiger partial charge in [-0.25, -0.2) is 4.79 Å². The third-order valence-electron chi connectivity index (χ3n) is 2.20. The van der Waals surface area contributed by atoms with E-state index < -0.39 is 11.6 Å². The molecule has 0 radical (unpaired) electrons. The van der Waals surface area contributed by atoms with Gasteiger partial charge in [-0.2, -0.15) is 0 Å². The van der Waals surface area contributed by atoms with Crippen LogP contribution in [0, 0.1) is 0 Å². The molecule has 0 heterocycles. The molecule has 0 saturated heterocycles. The number of methoxy groups -OCH3 is 1. The molecule has 1 rings (SSSR count). The van der Waals surface area contributed by atoms with Crippen LogP contribution in [0.15, 0.2) is 24.3 Å². The second kappa shape index (κ2) is 5.54. The average Bonchev–Trinajstić information content (AvgIpc) is 2.28. The Labute approximate surface area is 101 Å². The highest BCUT2D eigenvalue weighted by Crippen LogP contribution is 2.19. The Balaban J connectivity index is 2.62. The van der Waals surface area contributed by atoms with Gasteiger partial charge in [0.15, 0.2) is 0 Å². The smallest absolute Gasteiger partial charge is 0.413 e. The Morgan fingerprint density at radius 2 is 2.06 bits per heavy atom. The highest BCUT2D eigenvalue weighted by Gasteiger charge is 2.19. The predicted molar refractivity (Wildman–Crippen MR) is 65.3 cm³/mol. The second-order valence-electron chi connectivity index (χ2n) is 4.28. The molecule has 17 heavy (non-hydrogen) atoms. The first-order valence-electron chi connectivity index (χ1n) is 5.31. The molecule has 0 aliphatic carbocycles. The van der Waals surface area contributed by atoms with E-state index in [0.717, 1.165) is 0 Å². The van der Waals surface area contributed by atoms with E-state index in [1.54, 1.807) is 31.4 Å². The van der Waals surface area contributed by atoms with Crippen molar-refractivity contribution in [2.75, 3.05) is 13.7 Å². The van der Waals surface area contributed by atoms with Gasteiger partial charge in [0.25, 0.3) is 0 Å². The van der Waals surface area contributed by atoms with Crippen LogP contribution in [0.25, 0.3) is 0 Å². The summed E-state index contributed by atoms with van der Waals surface area (Å²) in [4.78, 5) is 11.6. The Morgan fingerprint density at radius 1 is 1.41 bits per heavy atom. The predicted octanol–water partition coefficient (Wildman–Crippen LogP) is 1.52. The molecule has 0 bridgehead atoms. The second-order valence-corrected chi connectivity index (χ2v) is 4.28. The van der Waals surface area contributed by atoms with E-state index >= 15 is 0 Å². The molecule has 0 spiro atoms. The highest BCUT2D eigenvalue weighted by atomic mass is 16.6. The van der Waals surface area contributed by atoms with Crippen LogP contribution >= 0.6 is 0 Å². The summed E-state index contributed by atoms with van der Waals surface area (Å²) in [5, 5.41) is 2.66. The Bertz CT molecular complexity index is 391. The van der Waals surface area contributed by atoms with Gasteiger partial charge in [0.1, 0.15) is 11.5 Å².